The van der Waals surface area contributed by atoms with Gasteiger partial charge in [-0.2, -0.15) is 0 Å². The Morgan fingerprint density at radius 3 is 0.623 bits per heavy atom. The first-order chi connectivity index (χ1) is 55.8. The number of anilines is 18. The molecule has 0 saturated heterocycles. The van der Waals surface area contributed by atoms with Crippen LogP contribution in [0, 0.1) is 0 Å². The summed E-state index contributed by atoms with van der Waals surface area (Å²) in [6, 6.07) is 105. The Labute approximate surface area is 675 Å². The largest absolute Gasteiger partial charge is 0.310 e. The molecule has 0 aliphatic carbocycles. The van der Waals surface area contributed by atoms with E-state index in [9.17, 15) is 0 Å². The molecule has 0 bridgehead atoms. The van der Waals surface area contributed by atoms with Crippen molar-refractivity contribution in [3.8, 4) is 34.2 Å². The first-order valence-corrected chi connectivity index (χ1v) is 41.0. The molecular weight excluding hydrogens is 1450 g/mol. The van der Waals surface area contributed by atoms with Crippen LogP contribution in [-0.4, -0.2) is 29.9 Å². The standard InChI is InChI=1S/C99H72N12S3/c1-97(2)70-25-7-13-31-76(70)106(77-32-14-8-26-71(77)97)64-43-46-85-91(52-64)112-88-40-22-19-37-82(88)109(85)67-55-100-94(101-56-67)61-49-62(95-102-57-68(58-103-95)110-83-38-20-23-41-89(83)113-92-53-65(44-47-86(92)110)107-78-33-15-9-27-72(78)98(3,4)73-28-10-16-34-79(73)107)51-63(50-61)96-104-59-69(60-105-96)111-84-39-21-24-42-90(84)114-93-54-66(45-48-87(93)111)108-80-35-17-11-29-74(80)99(5,6)75-30-12-18-36-81(75)108/h7-60H,1-6H3. The monoisotopic (exact) mass is 1520 g/mol. The Morgan fingerprint density at radius 1 is 0.193 bits per heavy atom. The van der Waals surface area contributed by atoms with E-state index in [1.54, 1.807) is 35.3 Å². The zero-order valence-electron chi connectivity index (χ0n) is 63.3. The van der Waals surface area contributed by atoms with Crippen LogP contribution in [0.1, 0.15) is 74.9 Å². The van der Waals surface area contributed by atoms with Gasteiger partial charge in [-0.1, -0.05) is 222 Å². The van der Waals surface area contributed by atoms with Gasteiger partial charge in [0.25, 0.3) is 0 Å². The molecule has 3 aromatic heterocycles. The van der Waals surface area contributed by atoms with E-state index in [4.69, 9.17) is 29.9 Å². The van der Waals surface area contributed by atoms with Crippen LogP contribution in [0.15, 0.2) is 358 Å². The lowest BCUT2D eigenvalue weighted by molar-refractivity contribution is 0.631. The van der Waals surface area contributed by atoms with Crippen molar-refractivity contribution in [3.63, 3.8) is 0 Å². The number of para-hydroxylation sites is 9. The molecule has 22 rings (SSSR count). The van der Waals surface area contributed by atoms with Crippen molar-refractivity contribution in [2.24, 2.45) is 0 Å². The molecular formula is C99H72N12S3. The molecule has 0 unspecified atom stereocenters. The average molecular weight is 1530 g/mol. The summed E-state index contributed by atoms with van der Waals surface area (Å²) in [5.41, 5.74) is 28.6. The fourth-order valence-electron chi connectivity index (χ4n) is 18.1. The van der Waals surface area contributed by atoms with Crippen LogP contribution < -0.4 is 29.4 Å². The molecule has 0 fully saturated rings. The fourth-order valence-corrected chi connectivity index (χ4v) is 21.4. The van der Waals surface area contributed by atoms with E-state index >= 15 is 0 Å². The number of hydrogen-bond acceptors (Lipinski definition) is 15. The summed E-state index contributed by atoms with van der Waals surface area (Å²) < 4.78 is 0. The van der Waals surface area contributed by atoms with Crippen molar-refractivity contribution in [3.05, 3.63) is 362 Å². The summed E-state index contributed by atoms with van der Waals surface area (Å²) in [5, 5.41) is 0. The topological polar surface area (TPSA) is 96.8 Å². The second-order valence-electron chi connectivity index (χ2n) is 31.2. The van der Waals surface area contributed by atoms with Crippen LogP contribution in [0.5, 0.6) is 0 Å². The SMILES string of the molecule is CC1(C)c2ccccc2N(c2ccc3c(c2)Sc2ccccc2N3c2cnc(-c3cc(-c4ncc(N5c6ccccc6Sc6cc(N7c8ccccc8C(C)(C)c8ccccc87)ccc65)cn4)cc(-c4ncc(N5c6ccccc6Sc6cc(N7c8ccccc8C(C)(C)c8ccccc87)ccc65)cn4)c3)nc2)c2ccccc21. The zero-order valence-corrected chi connectivity index (χ0v) is 65.7. The van der Waals surface area contributed by atoms with Gasteiger partial charge in [0.05, 0.1) is 122 Å². The van der Waals surface area contributed by atoms with Crippen molar-refractivity contribution >= 4 is 138 Å². The number of aromatic nitrogens is 6. The van der Waals surface area contributed by atoms with Gasteiger partial charge in [0.15, 0.2) is 17.5 Å². The molecule has 114 heavy (non-hydrogen) atoms. The highest BCUT2D eigenvalue weighted by Crippen LogP contribution is 2.61. The number of nitrogens with zero attached hydrogens (tertiary/aromatic N) is 12. The van der Waals surface area contributed by atoms with Crippen LogP contribution in [0.3, 0.4) is 0 Å². The number of benzene rings is 13. The molecule has 0 atom stereocenters. The van der Waals surface area contributed by atoms with Gasteiger partial charge in [0.1, 0.15) is 0 Å². The summed E-state index contributed by atoms with van der Waals surface area (Å²) in [5.74, 6) is 1.56. The second-order valence-corrected chi connectivity index (χ2v) is 34.5. The molecule has 6 aliphatic rings. The van der Waals surface area contributed by atoms with Crippen LogP contribution in [-0.2, 0) is 16.2 Å². The summed E-state index contributed by atoms with van der Waals surface area (Å²) >= 11 is 5.36. The first-order valence-electron chi connectivity index (χ1n) is 38.5. The summed E-state index contributed by atoms with van der Waals surface area (Å²) in [4.78, 5) is 52.6. The maximum atomic E-state index is 5.29. The van der Waals surface area contributed by atoms with Crippen LogP contribution in [0.25, 0.3) is 34.2 Å². The minimum Gasteiger partial charge on any atom is -0.310 e. The molecule has 13 aromatic carbocycles. The molecule has 9 heterocycles. The van der Waals surface area contributed by atoms with Gasteiger partial charge >= 0.3 is 0 Å². The Kier molecular flexibility index (Phi) is 15.5. The molecule has 0 saturated carbocycles. The van der Waals surface area contributed by atoms with E-state index in [1.165, 1.54) is 67.5 Å². The Morgan fingerprint density at radius 2 is 0.386 bits per heavy atom. The van der Waals surface area contributed by atoms with Crippen molar-refractivity contribution in [1.82, 2.24) is 29.9 Å². The highest BCUT2D eigenvalue weighted by Gasteiger charge is 2.42. The van der Waals surface area contributed by atoms with Gasteiger partial charge in [-0.15, -0.1) is 0 Å². The Bertz CT molecular complexity index is 5850. The average Bonchev–Trinajstić information content (AvgIpc) is 0.726. The van der Waals surface area contributed by atoms with E-state index in [2.05, 4.69) is 362 Å². The minimum absolute atomic E-state index is 0.177. The first kappa shape index (κ1) is 67.8. The molecule has 6 aliphatic heterocycles. The lowest BCUT2D eigenvalue weighted by atomic mass is 9.73. The van der Waals surface area contributed by atoms with Crippen molar-refractivity contribution in [1.29, 1.82) is 0 Å². The molecule has 0 N–H and O–H groups in total. The smallest absolute Gasteiger partial charge is 0.159 e. The number of hydrogen-bond donors (Lipinski definition) is 0. The Hall–Kier alpha value is -13.1. The summed E-state index contributed by atoms with van der Waals surface area (Å²) in [6.07, 6.45) is 11.6. The zero-order chi connectivity index (χ0) is 76.3. The van der Waals surface area contributed by atoms with Crippen LogP contribution in [0.2, 0.25) is 0 Å². The van der Waals surface area contributed by atoms with Gasteiger partial charge in [-0.3, -0.25) is 0 Å². The van der Waals surface area contributed by atoms with E-state index in [0.717, 1.165) is 114 Å². The van der Waals surface area contributed by atoms with Crippen molar-refractivity contribution < 1.29 is 0 Å². The molecule has 0 spiro atoms. The highest BCUT2D eigenvalue weighted by molar-refractivity contribution is 8.00. The van der Waals surface area contributed by atoms with Gasteiger partial charge < -0.3 is 29.4 Å². The van der Waals surface area contributed by atoms with E-state index < -0.39 is 0 Å². The maximum Gasteiger partial charge on any atom is 0.159 e. The van der Waals surface area contributed by atoms with Gasteiger partial charge in [0, 0.05) is 79.4 Å². The minimum atomic E-state index is -0.177. The van der Waals surface area contributed by atoms with Gasteiger partial charge in [-0.05, 0) is 179 Å². The number of rotatable bonds is 9. The lowest BCUT2D eigenvalue weighted by Gasteiger charge is -2.42. The molecule has 12 nitrogen and oxygen atoms in total. The fraction of sp³-hybridized carbons (Fsp3) is 0.0909. The predicted octanol–water partition coefficient (Wildman–Crippen LogP) is 27.2. The summed E-state index contributed by atoms with van der Waals surface area (Å²) in [7, 11) is 0. The third kappa shape index (κ3) is 10.6. The predicted molar refractivity (Wildman–Crippen MR) is 466 cm³/mol. The normalized spacial score (nSPS) is 15.1. The molecule has 15 heteroatoms. The maximum absolute atomic E-state index is 5.29. The van der Waals surface area contributed by atoms with Crippen LogP contribution >= 0.6 is 35.3 Å². The molecule has 16 aromatic rings. The third-order valence-electron chi connectivity index (χ3n) is 23.6. The van der Waals surface area contributed by atoms with Gasteiger partial charge in [-0.25, -0.2) is 29.9 Å². The van der Waals surface area contributed by atoms with Crippen LogP contribution in [0.4, 0.5) is 102 Å². The quantitative estimate of drug-likeness (QED) is 0.137. The molecule has 0 radical (unpaired) electrons. The number of fused-ring (bicyclic) bond motifs is 12. The second kappa shape index (κ2) is 26.0. The third-order valence-corrected chi connectivity index (χ3v) is 26.9. The molecule has 0 amide bonds. The Balaban J connectivity index is 0.636. The van der Waals surface area contributed by atoms with Crippen molar-refractivity contribution in [2.45, 2.75) is 87.2 Å². The highest BCUT2D eigenvalue weighted by atomic mass is 32.2. The van der Waals surface area contributed by atoms with E-state index in [-0.39, 0.29) is 16.2 Å². The van der Waals surface area contributed by atoms with E-state index in [1.807, 2.05) is 37.2 Å². The summed E-state index contributed by atoms with van der Waals surface area (Å²) in [6.45, 7) is 14.0. The molecule has 546 valence electrons. The lowest BCUT2D eigenvalue weighted by Crippen LogP contribution is -2.30. The van der Waals surface area contributed by atoms with Crippen molar-refractivity contribution in [2.75, 3.05) is 29.4 Å². The van der Waals surface area contributed by atoms with Gasteiger partial charge in [0.2, 0.25) is 0 Å². The van der Waals surface area contributed by atoms with E-state index in [0.29, 0.717) is 17.5 Å².